The molecule has 0 amide bonds. The standard InChI is InChI=1S/C13H18O4S2/c1-3-8-19(16,17)12-7-5-4-6-11(12)18-10(2)9-13(14)15/h4-7,10H,3,8-9H2,1-2H3,(H,14,15). The zero-order valence-corrected chi connectivity index (χ0v) is 12.6. The van der Waals surface area contributed by atoms with Crippen LogP contribution in [-0.4, -0.2) is 30.5 Å². The minimum absolute atomic E-state index is 0.00677. The van der Waals surface area contributed by atoms with Crippen molar-refractivity contribution in [2.45, 2.75) is 41.7 Å². The van der Waals surface area contributed by atoms with Crippen molar-refractivity contribution < 1.29 is 18.3 Å². The number of benzene rings is 1. The summed E-state index contributed by atoms with van der Waals surface area (Å²) in [5.41, 5.74) is 0. The van der Waals surface area contributed by atoms with Crippen molar-refractivity contribution in [2.75, 3.05) is 5.75 Å². The first kappa shape index (κ1) is 16.0. The Bertz CT molecular complexity index is 537. The molecule has 1 unspecified atom stereocenters. The topological polar surface area (TPSA) is 71.4 Å². The number of carboxylic acid groups (broad SMARTS) is 1. The van der Waals surface area contributed by atoms with Crippen LogP contribution in [0.1, 0.15) is 26.7 Å². The van der Waals surface area contributed by atoms with Gasteiger partial charge in [-0.25, -0.2) is 8.42 Å². The first-order valence-corrected chi connectivity index (χ1v) is 8.60. The second-order valence-corrected chi connectivity index (χ2v) is 7.85. The normalized spacial score (nSPS) is 13.2. The summed E-state index contributed by atoms with van der Waals surface area (Å²) in [4.78, 5) is 11.6. The Morgan fingerprint density at radius 3 is 2.58 bits per heavy atom. The monoisotopic (exact) mass is 302 g/mol. The molecule has 106 valence electrons. The van der Waals surface area contributed by atoms with Gasteiger partial charge in [-0.3, -0.25) is 4.79 Å². The minimum Gasteiger partial charge on any atom is -0.481 e. The van der Waals surface area contributed by atoms with Gasteiger partial charge in [-0.2, -0.15) is 0 Å². The summed E-state index contributed by atoms with van der Waals surface area (Å²) in [5.74, 6) is -0.772. The van der Waals surface area contributed by atoms with Crippen LogP contribution < -0.4 is 0 Å². The number of hydrogen-bond donors (Lipinski definition) is 1. The molecule has 6 heteroatoms. The molecule has 0 saturated heterocycles. The molecule has 4 nitrogen and oxygen atoms in total. The lowest BCUT2D eigenvalue weighted by Crippen LogP contribution is -2.09. The maximum atomic E-state index is 12.1. The van der Waals surface area contributed by atoms with Gasteiger partial charge in [0.1, 0.15) is 0 Å². The molecule has 0 saturated carbocycles. The second kappa shape index (κ2) is 6.96. The van der Waals surface area contributed by atoms with E-state index in [1.807, 2.05) is 6.92 Å². The molecule has 0 aliphatic rings. The summed E-state index contributed by atoms with van der Waals surface area (Å²) < 4.78 is 24.3. The van der Waals surface area contributed by atoms with Crippen molar-refractivity contribution in [2.24, 2.45) is 0 Å². The van der Waals surface area contributed by atoms with Crippen molar-refractivity contribution in [1.82, 2.24) is 0 Å². The van der Waals surface area contributed by atoms with Crippen LogP contribution >= 0.6 is 11.8 Å². The molecule has 0 aliphatic heterocycles. The zero-order valence-electron chi connectivity index (χ0n) is 11.0. The number of aliphatic carboxylic acids is 1. The smallest absolute Gasteiger partial charge is 0.304 e. The highest BCUT2D eigenvalue weighted by molar-refractivity contribution is 8.00. The third-order valence-electron chi connectivity index (χ3n) is 2.45. The van der Waals surface area contributed by atoms with Gasteiger partial charge in [0.15, 0.2) is 9.84 Å². The molecule has 1 aromatic carbocycles. The summed E-state index contributed by atoms with van der Waals surface area (Å²) in [7, 11) is -3.28. The SMILES string of the molecule is CCCS(=O)(=O)c1ccccc1SC(C)CC(=O)O. The Hall–Kier alpha value is -1.01. The number of sulfone groups is 1. The van der Waals surface area contributed by atoms with Crippen LogP contribution in [-0.2, 0) is 14.6 Å². The third-order valence-corrected chi connectivity index (χ3v) is 5.73. The van der Waals surface area contributed by atoms with Crippen LogP contribution in [0.25, 0.3) is 0 Å². The fourth-order valence-corrected chi connectivity index (χ4v) is 4.63. The fourth-order valence-electron chi connectivity index (χ4n) is 1.69. The molecule has 0 radical (unpaired) electrons. The molecule has 0 aromatic heterocycles. The average molecular weight is 302 g/mol. The lowest BCUT2D eigenvalue weighted by molar-refractivity contribution is -0.136. The number of thioether (sulfide) groups is 1. The van der Waals surface area contributed by atoms with E-state index in [1.165, 1.54) is 11.8 Å². The van der Waals surface area contributed by atoms with Gasteiger partial charge in [-0.15, -0.1) is 11.8 Å². The van der Waals surface area contributed by atoms with E-state index in [1.54, 1.807) is 31.2 Å². The van der Waals surface area contributed by atoms with E-state index in [0.29, 0.717) is 16.2 Å². The van der Waals surface area contributed by atoms with E-state index in [9.17, 15) is 13.2 Å². The quantitative estimate of drug-likeness (QED) is 0.784. The highest BCUT2D eigenvalue weighted by Gasteiger charge is 2.19. The molecule has 1 rings (SSSR count). The first-order valence-electron chi connectivity index (χ1n) is 6.07. The van der Waals surface area contributed by atoms with Gasteiger partial charge < -0.3 is 5.11 Å². The van der Waals surface area contributed by atoms with Gasteiger partial charge >= 0.3 is 5.97 Å². The highest BCUT2D eigenvalue weighted by Crippen LogP contribution is 2.31. The number of rotatable bonds is 7. The maximum Gasteiger partial charge on any atom is 0.304 e. The van der Waals surface area contributed by atoms with Crippen molar-refractivity contribution in [3.8, 4) is 0 Å². The van der Waals surface area contributed by atoms with Gasteiger partial charge in [0.05, 0.1) is 17.1 Å². The van der Waals surface area contributed by atoms with E-state index in [4.69, 9.17) is 5.11 Å². The Labute approximate surface area is 118 Å². The predicted octanol–water partition coefficient (Wildman–Crippen LogP) is 2.83. The number of hydrogen-bond acceptors (Lipinski definition) is 4. The van der Waals surface area contributed by atoms with E-state index in [-0.39, 0.29) is 17.4 Å². The summed E-state index contributed by atoms with van der Waals surface area (Å²) in [6.45, 7) is 3.60. The van der Waals surface area contributed by atoms with Crippen molar-refractivity contribution in [1.29, 1.82) is 0 Å². The predicted molar refractivity (Wildman–Crippen MR) is 76.4 cm³/mol. The Morgan fingerprint density at radius 2 is 2.00 bits per heavy atom. The van der Waals surface area contributed by atoms with Gasteiger partial charge in [-0.1, -0.05) is 26.0 Å². The van der Waals surface area contributed by atoms with Crippen LogP contribution in [0.15, 0.2) is 34.1 Å². The van der Waals surface area contributed by atoms with Crippen molar-refractivity contribution in [3.05, 3.63) is 24.3 Å². The molecular weight excluding hydrogens is 284 g/mol. The lowest BCUT2D eigenvalue weighted by Gasteiger charge is -2.13. The van der Waals surface area contributed by atoms with Crippen LogP contribution in [0.4, 0.5) is 0 Å². The minimum atomic E-state index is -3.28. The second-order valence-electron chi connectivity index (χ2n) is 4.29. The van der Waals surface area contributed by atoms with E-state index in [2.05, 4.69) is 0 Å². The molecule has 0 heterocycles. The molecule has 1 atom stereocenters. The van der Waals surface area contributed by atoms with Gasteiger partial charge in [0.2, 0.25) is 0 Å². The van der Waals surface area contributed by atoms with E-state index >= 15 is 0 Å². The number of carboxylic acids is 1. The van der Waals surface area contributed by atoms with Crippen LogP contribution in [0.2, 0.25) is 0 Å². The summed E-state index contributed by atoms with van der Waals surface area (Å²) >= 11 is 1.29. The Morgan fingerprint density at radius 1 is 1.37 bits per heavy atom. The number of carbonyl (C=O) groups is 1. The highest BCUT2D eigenvalue weighted by atomic mass is 32.2. The molecule has 1 N–H and O–H groups in total. The van der Waals surface area contributed by atoms with Crippen LogP contribution in [0.5, 0.6) is 0 Å². The Balaban J connectivity index is 3.00. The van der Waals surface area contributed by atoms with Gasteiger partial charge in [0.25, 0.3) is 0 Å². The maximum absolute atomic E-state index is 12.1. The average Bonchev–Trinajstić information content (AvgIpc) is 2.28. The summed E-state index contributed by atoms with van der Waals surface area (Å²) in [5, 5.41) is 8.57. The van der Waals surface area contributed by atoms with Crippen LogP contribution in [0, 0.1) is 0 Å². The largest absolute Gasteiger partial charge is 0.481 e. The first-order chi connectivity index (χ1) is 8.86. The molecule has 0 fully saturated rings. The zero-order chi connectivity index (χ0) is 14.5. The van der Waals surface area contributed by atoms with Gasteiger partial charge in [0, 0.05) is 10.1 Å². The third kappa shape index (κ3) is 4.87. The molecule has 0 bridgehead atoms. The van der Waals surface area contributed by atoms with Crippen LogP contribution in [0.3, 0.4) is 0 Å². The van der Waals surface area contributed by atoms with Crippen molar-refractivity contribution >= 4 is 27.6 Å². The van der Waals surface area contributed by atoms with E-state index < -0.39 is 15.8 Å². The Kier molecular flexibility index (Phi) is 5.87. The van der Waals surface area contributed by atoms with Gasteiger partial charge in [-0.05, 0) is 18.6 Å². The summed E-state index contributed by atoms with van der Waals surface area (Å²) in [6, 6.07) is 6.77. The van der Waals surface area contributed by atoms with Crippen molar-refractivity contribution in [3.63, 3.8) is 0 Å². The molecular formula is C13H18O4S2. The van der Waals surface area contributed by atoms with E-state index in [0.717, 1.165) is 0 Å². The molecule has 0 spiro atoms. The summed E-state index contributed by atoms with van der Waals surface area (Å²) in [6.07, 6.45) is 0.568. The molecule has 19 heavy (non-hydrogen) atoms. The molecule has 1 aromatic rings. The lowest BCUT2D eigenvalue weighted by atomic mass is 10.3. The fraction of sp³-hybridized carbons (Fsp3) is 0.462. The molecule has 0 aliphatic carbocycles.